The number of aliphatic hydroxyl groups is 1. The molecule has 5 atom stereocenters. The third kappa shape index (κ3) is 7.93. The van der Waals surface area contributed by atoms with Gasteiger partial charge in [-0.3, -0.25) is 19.1 Å². The van der Waals surface area contributed by atoms with E-state index in [1.54, 1.807) is 24.3 Å². The van der Waals surface area contributed by atoms with Gasteiger partial charge in [-0.1, -0.05) is 80.2 Å². The van der Waals surface area contributed by atoms with Crippen LogP contribution in [0.5, 0.6) is 11.5 Å². The fourth-order valence-electron chi connectivity index (χ4n) is 9.68. The molecule has 11 nitrogen and oxygen atoms in total. The van der Waals surface area contributed by atoms with Crippen molar-refractivity contribution in [2.75, 3.05) is 37.8 Å². The molecule has 1 spiro atoms. The molecule has 0 radical (unpaired) electrons. The van der Waals surface area contributed by atoms with Gasteiger partial charge in [0.05, 0.1) is 46.4 Å². The number of esters is 2. The Balaban J connectivity index is 1.07. The molecule has 2 saturated carbocycles. The van der Waals surface area contributed by atoms with E-state index < -0.39 is 48.9 Å². The average Bonchev–Trinajstić information content (AvgIpc) is 3.93. The minimum Gasteiger partial charge on any atom is -0.481 e. The predicted octanol–water partition coefficient (Wildman–Crippen LogP) is 9.19. The van der Waals surface area contributed by atoms with Gasteiger partial charge >= 0.3 is 19.5 Å². The van der Waals surface area contributed by atoms with Crippen molar-refractivity contribution in [1.82, 2.24) is 4.90 Å². The number of hydrogen-bond donors (Lipinski definition) is 2. The number of rotatable bonds is 18. The van der Waals surface area contributed by atoms with Crippen LogP contribution in [0, 0.1) is 5.92 Å². The maximum atomic E-state index is 14.0. The number of likely N-dealkylation sites (tertiary alicyclic amines) is 1. The molecule has 0 aromatic heterocycles. The molecule has 2 N–H and O–H groups in total. The van der Waals surface area contributed by atoms with E-state index in [9.17, 15) is 19.3 Å². The second-order valence-electron chi connectivity index (χ2n) is 16.5. The summed E-state index contributed by atoms with van der Waals surface area (Å²) in [5.74, 6) is -0.0291. The molecule has 2 heterocycles. The number of carbonyl (C=O) groups excluding carboxylic acids is 2. The second-order valence-corrected chi connectivity index (χ2v) is 19.4. The van der Waals surface area contributed by atoms with Crippen molar-refractivity contribution in [3.8, 4) is 11.5 Å². The van der Waals surface area contributed by atoms with E-state index in [1.165, 1.54) is 12.8 Å². The molecule has 2 unspecified atom stereocenters. The highest BCUT2D eigenvalue weighted by molar-refractivity contribution is 7.54. The van der Waals surface area contributed by atoms with Crippen molar-refractivity contribution >= 4 is 54.1 Å². The molecule has 3 fully saturated rings. The van der Waals surface area contributed by atoms with Gasteiger partial charge in [-0.2, -0.15) is 0 Å². The molecule has 58 heavy (non-hydrogen) atoms. The number of benzene rings is 3. The number of unbranched alkanes of at least 4 members (excludes halogenated alkanes) is 2. The Kier molecular flexibility index (Phi) is 12.2. The van der Waals surface area contributed by atoms with Gasteiger partial charge in [-0.05, 0) is 99.2 Å². The molecule has 3 aromatic carbocycles. The van der Waals surface area contributed by atoms with E-state index in [2.05, 4.69) is 10.2 Å². The zero-order chi connectivity index (χ0) is 40.7. The lowest BCUT2D eigenvalue weighted by Crippen LogP contribution is -2.77. The summed E-state index contributed by atoms with van der Waals surface area (Å²) >= 11 is 12.9. The summed E-state index contributed by atoms with van der Waals surface area (Å²) in [5, 5.41) is 17.3. The first-order valence-corrected chi connectivity index (χ1v) is 23.3. The monoisotopic (exact) mass is 854 g/mol. The van der Waals surface area contributed by atoms with E-state index in [-0.39, 0.29) is 31.4 Å². The molecule has 3 aliphatic carbocycles. The summed E-state index contributed by atoms with van der Waals surface area (Å²) in [4.78, 5) is 30.0. The molecular formula is C44H53Cl2N2O9P. The van der Waals surface area contributed by atoms with Crippen molar-refractivity contribution in [2.24, 2.45) is 5.92 Å². The van der Waals surface area contributed by atoms with Gasteiger partial charge < -0.3 is 33.7 Å². The normalized spacial score (nSPS) is 25.8. The first-order valence-electron chi connectivity index (χ1n) is 20.8. The Labute approximate surface area is 350 Å². The lowest BCUT2D eigenvalue weighted by atomic mass is 9.48. The first-order chi connectivity index (χ1) is 28.0. The van der Waals surface area contributed by atoms with Crippen LogP contribution < -0.4 is 14.8 Å². The molecule has 8 rings (SSSR count). The number of halogens is 2. The van der Waals surface area contributed by atoms with Crippen LogP contribution in [0.25, 0.3) is 0 Å². The molecule has 2 bridgehead atoms. The molecule has 5 aliphatic rings. The molecule has 3 aromatic rings. The SMILES string of the molecule is CCCCOP(=O)(CC(=O)Oc1ccc2c3c1OC1C(OC(=O)Cc4ccccc4Nc4c(Cl)cccc4Cl)CC[C@@]4(O)[C@@H](C2)N(CC2CC2)CC[C@]314)OCCCC. The molecule has 312 valence electrons. The molecule has 0 amide bonds. The van der Waals surface area contributed by atoms with E-state index in [0.717, 1.165) is 37.1 Å². The summed E-state index contributed by atoms with van der Waals surface area (Å²) < 4.78 is 44.4. The smallest absolute Gasteiger partial charge is 0.341 e. The van der Waals surface area contributed by atoms with Gasteiger partial charge in [-0.25, -0.2) is 0 Å². The second kappa shape index (κ2) is 17.1. The Morgan fingerprint density at radius 2 is 1.67 bits per heavy atom. The van der Waals surface area contributed by atoms with Gasteiger partial charge in [0.15, 0.2) is 11.5 Å². The third-order valence-electron chi connectivity index (χ3n) is 12.7. The van der Waals surface area contributed by atoms with Gasteiger partial charge in [0.25, 0.3) is 0 Å². The first kappa shape index (κ1) is 41.6. The van der Waals surface area contributed by atoms with Crippen molar-refractivity contribution in [2.45, 2.75) is 114 Å². The summed E-state index contributed by atoms with van der Waals surface area (Å²) in [6.07, 6.45) is 5.44. The van der Waals surface area contributed by atoms with Crippen LogP contribution in [0.2, 0.25) is 10.0 Å². The molecular weight excluding hydrogens is 802 g/mol. The Bertz CT molecular complexity index is 2050. The number of hydrogen-bond acceptors (Lipinski definition) is 11. The minimum atomic E-state index is -3.79. The van der Waals surface area contributed by atoms with Crippen LogP contribution >= 0.6 is 30.8 Å². The van der Waals surface area contributed by atoms with E-state index >= 15 is 0 Å². The number of para-hydroxylation sites is 2. The number of nitrogens with one attached hydrogen (secondary N) is 1. The zero-order valence-electron chi connectivity index (χ0n) is 33.2. The van der Waals surface area contributed by atoms with Gasteiger partial charge in [-0.15, -0.1) is 0 Å². The highest BCUT2D eigenvalue weighted by Crippen LogP contribution is 2.66. The maximum Gasteiger partial charge on any atom is 0.341 e. The van der Waals surface area contributed by atoms with Gasteiger partial charge in [0.1, 0.15) is 18.4 Å². The van der Waals surface area contributed by atoms with E-state index in [0.29, 0.717) is 77.2 Å². The van der Waals surface area contributed by atoms with Crippen molar-refractivity contribution in [3.63, 3.8) is 0 Å². The van der Waals surface area contributed by atoms with Crippen LogP contribution in [0.15, 0.2) is 54.6 Å². The van der Waals surface area contributed by atoms with Gasteiger partial charge in [0.2, 0.25) is 0 Å². The number of piperidine rings is 1. The summed E-state index contributed by atoms with van der Waals surface area (Å²) in [7, 11) is -3.79. The van der Waals surface area contributed by atoms with Crippen LogP contribution in [0.4, 0.5) is 11.4 Å². The lowest BCUT2D eigenvalue weighted by Gasteiger charge is -2.64. The number of anilines is 2. The summed E-state index contributed by atoms with van der Waals surface area (Å²) in [6.45, 7) is 6.11. The zero-order valence-corrected chi connectivity index (χ0v) is 35.6. The molecule has 14 heteroatoms. The Hall–Kier alpha value is -3.15. The highest BCUT2D eigenvalue weighted by Gasteiger charge is 2.73. The van der Waals surface area contributed by atoms with Crippen molar-refractivity contribution in [3.05, 3.63) is 81.3 Å². The minimum absolute atomic E-state index is 0.0364. The number of carbonyl (C=O) groups is 2. The number of ether oxygens (including phenoxy) is 3. The van der Waals surface area contributed by atoms with Crippen molar-refractivity contribution in [1.29, 1.82) is 0 Å². The van der Waals surface area contributed by atoms with Gasteiger partial charge in [0, 0.05) is 23.8 Å². The largest absolute Gasteiger partial charge is 0.481 e. The quantitative estimate of drug-likeness (QED) is 0.0550. The average molecular weight is 856 g/mol. The van der Waals surface area contributed by atoms with Crippen LogP contribution in [-0.2, 0) is 46.2 Å². The highest BCUT2D eigenvalue weighted by atomic mass is 35.5. The third-order valence-corrected chi connectivity index (χ3v) is 15.1. The Morgan fingerprint density at radius 3 is 2.38 bits per heavy atom. The Morgan fingerprint density at radius 1 is 0.948 bits per heavy atom. The fraction of sp³-hybridized carbons (Fsp3) is 0.545. The van der Waals surface area contributed by atoms with Crippen LogP contribution in [0.3, 0.4) is 0 Å². The fourth-order valence-corrected chi connectivity index (χ4v) is 11.6. The van der Waals surface area contributed by atoms with E-state index in [1.807, 2.05) is 44.2 Å². The summed E-state index contributed by atoms with van der Waals surface area (Å²) in [6, 6.07) is 16.2. The predicted molar refractivity (Wildman–Crippen MR) is 223 cm³/mol. The van der Waals surface area contributed by atoms with Crippen molar-refractivity contribution < 1.29 is 42.5 Å². The molecule has 1 saturated heterocycles. The summed E-state index contributed by atoms with van der Waals surface area (Å²) in [5.41, 5.74) is 1.67. The lowest BCUT2D eigenvalue weighted by molar-refractivity contribution is -0.216. The maximum absolute atomic E-state index is 14.0. The standard InChI is InChI=1S/C44H53Cl2N2O9P/c1-3-5-22-53-58(52,54-23-6-4-2)27-38(50)55-34-17-16-30-24-36-44(51)19-18-35(42-43(44,39(30)41(34)57-42)20-21-48(36)26-28-14-15-28)56-37(49)25-29-10-7-8-13-33(29)47-40-31(45)11-9-12-32(40)46/h7-13,16-17,28,35-36,42,47,51H,3-6,14-15,18-27H2,1-2H3/t35?,36-,42?,43+,44-/m1/s1. The van der Waals surface area contributed by atoms with E-state index in [4.69, 9.17) is 46.5 Å². The number of nitrogens with zero attached hydrogens (tertiary/aromatic N) is 1. The molecule has 2 aliphatic heterocycles. The van der Waals surface area contributed by atoms with Crippen LogP contribution in [-0.4, -0.2) is 78.3 Å². The van der Waals surface area contributed by atoms with Crippen LogP contribution in [0.1, 0.15) is 88.3 Å². The topological polar surface area (TPSA) is 133 Å².